The lowest BCUT2D eigenvalue weighted by atomic mass is 10.1. The number of hydrazone groups is 1. The summed E-state index contributed by atoms with van der Waals surface area (Å²) in [6.45, 7) is 1.90. The second kappa shape index (κ2) is 8.08. The van der Waals surface area contributed by atoms with Crippen LogP contribution >= 0.6 is 0 Å². The van der Waals surface area contributed by atoms with Crippen LogP contribution in [0.3, 0.4) is 0 Å². The fourth-order valence-corrected chi connectivity index (χ4v) is 2.42. The van der Waals surface area contributed by atoms with Crippen molar-refractivity contribution in [2.45, 2.75) is 25.9 Å². The van der Waals surface area contributed by atoms with Crippen LogP contribution in [-0.4, -0.2) is 37.4 Å². The molecule has 2 aromatic heterocycles. The minimum absolute atomic E-state index is 0.00109. The molecule has 0 saturated heterocycles. The zero-order chi connectivity index (χ0) is 21.0. The highest BCUT2D eigenvalue weighted by molar-refractivity contribution is 5.94. The maximum Gasteiger partial charge on any atom is 0.416 e. The van der Waals surface area contributed by atoms with Crippen molar-refractivity contribution in [1.82, 2.24) is 30.7 Å². The van der Waals surface area contributed by atoms with Crippen molar-refractivity contribution in [3.8, 4) is 5.82 Å². The van der Waals surface area contributed by atoms with Crippen molar-refractivity contribution in [3.63, 3.8) is 0 Å². The van der Waals surface area contributed by atoms with Gasteiger partial charge in [-0.2, -0.15) is 23.0 Å². The largest absolute Gasteiger partial charge is 0.416 e. The number of nitrogens with two attached hydrogens (primary N) is 1. The molecule has 0 unspecified atom stereocenters. The number of amides is 1. The normalized spacial score (nSPS) is 11.9. The molecule has 3 aromatic rings. The van der Waals surface area contributed by atoms with E-state index >= 15 is 0 Å². The smallest absolute Gasteiger partial charge is 0.378 e. The zero-order valence-electron chi connectivity index (χ0n) is 15.0. The van der Waals surface area contributed by atoms with Gasteiger partial charge in [0.15, 0.2) is 5.69 Å². The van der Waals surface area contributed by atoms with E-state index in [4.69, 9.17) is 5.73 Å². The van der Waals surface area contributed by atoms with Gasteiger partial charge in [0.05, 0.1) is 17.5 Å². The first kappa shape index (κ1) is 20.0. The first-order valence-electron chi connectivity index (χ1n) is 8.35. The third kappa shape index (κ3) is 4.39. The van der Waals surface area contributed by atoms with Gasteiger partial charge in [-0.3, -0.25) is 4.79 Å². The lowest BCUT2D eigenvalue weighted by Crippen LogP contribution is -2.20. The highest BCUT2D eigenvalue weighted by Crippen LogP contribution is 2.28. The quantitative estimate of drug-likeness (QED) is 0.470. The highest BCUT2D eigenvalue weighted by atomic mass is 19.4. The van der Waals surface area contributed by atoms with Crippen LogP contribution < -0.4 is 11.2 Å². The van der Waals surface area contributed by atoms with Crippen molar-refractivity contribution in [1.29, 1.82) is 0 Å². The summed E-state index contributed by atoms with van der Waals surface area (Å²) in [6, 6.07) is 4.31. The Kier molecular flexibility index (Phi) is 5.57. The summed E-state index contributed by atoms with van der Waals surface area (Å²) < 4.78 is 43.5. The van der Waals surface area contributed by atoms with Crippen molar-refractivity contribution in [2.24, 2.45) is 5.10 Å². The Labute approximate surface area is 161 Å². The van der Waals surface area contributed by atoms with E-state index in [-0.39, 0.29) is 17.3 Å². The summed E-state index contributed by atoms with van der Waals surface area (Å²) >= 11 is 0. The van der Waals surface area contributed by atoms with E-state index in [0.717, 1.165) is 12.1 Å². The summed E-state index contributed by atoms with van der Waals surface area (Å²) in [5.74, 6) is -0.564. The number of nitrogen functional groups attached to an aromatic ring is 1. The number of carbonyl (C=O) groups excluding carboxylic acids is 1. The standard InChI is InChI=1S/C16H15F3N8O2/c1-2-3-11-12(22-26-27(11)14-13(20)24-29-25-14)15(28)23-21-8-9-4-6-10(7-5-9)16(17,18)19/h4-8H,2-3H2,1H3,(H2,20,24)(H,23,28). The fraction of sp³-hybridized carbons (Fsp3) is 0.250. The average molecular weight is 408 g/mol. The molecule has 0 aliphatic rings. The van der Waals surface area contributed by atoms with Crippen LogP contribution in [0.15, 0.2) is 34.0 Å². The molecule has 2 heterocycles. The van der Waals surface area contributed by atoms with Gasteiger partial charge in [-0.15, -0.1) is 5.10 Å². The van der Waals surface area contributed by atoms with Crippen LogP contribution in [0, 0.1) is 0 Å². The molecule has 0 aliphatic heterocycles. The molecule has 0 fully saturated rings. The molecular weight excluding hydrogens is 393 g/mol. The molecule has 0 atom stereocenters. The van der Waals surface area contributed by atoms with Gasteiger partial charge in [0.1, 0.15) is 0 Å². The van der Waals surface area contributed by atoms with E-state index in [9.17, 15) is 18.0 Å². The van der Waals surface area contributed by atoms with Crippen molar-refractivity contribution in [2.75, 3.05) is 5.73 Å². The van der Waals surface area contributed by atoms with E-state index in [0.29, 0.717) is 24.1 Å². The molecule has 29 heavy (non-hydrogen) atoms. The second-order valence-electron chi connectivity index (χ2n) is 5.84. The molecule has 0 aliphatic carbocycles. The summed E-state index contributed by atoms with van der Waals surface area (Å²) in [7, 11) is 0. The molecule has 1 amide bonds. The van der Waals surface area contributed by atoms with Gasteiger partial charge in [0.25, 0.3) is 5.91 Å². The number of nitrogens with one attached hydrogen (secondary N) is 1. The Hall–Kier alpha value is -3.77. The molecule has 13 heteroatoms. The van der Waals surface area contributed by atoms with Crippen LogP contribution in [0.25, 0.3) is 5.82 Å². The number of rotatable bonds is 6. The molecule has 3 N–H and O–H groups in total. The highest BCUT2D eigenvalue weighted by Gasteiger charge is 2.29. The van der Waals surface area contributed by atoms with Gasteiger partial charge in [0, 0.05) is 0 Å². The maximum atomic E-state index is 12.6. The Balaban J connectivity index is 1.75. The van der Waals surface area contributed by atoms with Crippen molar-refractivity contribution < 1.29 is 22.6 Å². The van der Waals surface area contributed by atoms with Crippen LogP contribution in [-0.2, 0) is 12.6 Å². The van der Waals surface area contributed by atoms with Gasteiger partial charge >= 0.3 is 6.18 Å². The first-order chi connectivity index (χ1) is 13.8. The number of halogens is 3. The molecule has 152 valence electrons. The molecule has 3 rings (SSSR count). The summed E-state index contributed by atoms with van der Waals surface area (Å²) in [5, 5.41) is 18.5. The lowest BCUT2D eigenvalue weighted by Gasteiger charge is -2.05. The monoisotopic (exact) mass is 408 g/mol. The van der Waals surface area contributed by atoms with Crippen molar-refractivity contribution in [3.05, 3.63) is 46.8 Å². The molecule has 1 aromatic carbocycles. The van der Waals surface area contributed by atoms with E-state index in [1.54, 1.807) is 0 Å². The topological polar surface area (TPSA) is 137 Å². The zero-order valence-corrected chi connectivity index (χ0v) is 15.0. The summed E-state index contributed by atoms with van der Waals surface area (Å²) in [6.07, 6.45) is -2.10. The number of nitrogens with zero attached hydrogens (tertiary/aromatic N) is 6. The van der Waals surface area contributed by atoms with E-state index in [1.165, 1.54) is 23.0 Å². The van der Waals surface area contributed by atoms with Crippen LogP contribution in [0.1, 0.15) is 40.7 Å². The number of alkyl halides is 3. The molecule has 0 spiro atoms. The van der Waals surface area contributed by atoms with E-state index in [2.05, 4.69) is 35.8 Å². The molecule has 0 saturated carbocycles. The minimum Gasteiger partial charge on any atom is -0.378 e. The third-order valence-corrected chi connectivity index (χ3v) is 3.78. The summed E-state index contributed by atoms with van der Waals surface area (Å²) in [4.78, 5) is 12.4. The average Bonchev–Trinajstić information content (AvgIpc) is 3.27. The van der Waals surface area contributed by atoms with E-state index in [1.807, 2.05) is 6.92 Å². The predicted octanol–water partition coefficient (Wildman–Crippen LogP) is 1.97. The number of hydrogen-bond donors (Lipinski definition) is 2. The number of carbonyl (C=O) groups is 1. The van der Waals surface area contributed by atoms with Gasteiger partial charge in [-0.25, -0.2) is 10.1 Å². The number of aromatic nitrogens is 5. The molecular formula is C16H15F3N8O2. The first-order valence-corrected chi connectivity index (χ1v) is 8.35. The Bertz CT molecular complexity index is 1020. The number of anilines is 1. The molecule has 10 nitrogen and oxygen atoms in total. The van der Waals surface area contributed by atoms with Gasteiger partial charge < -0.3 is 5.73 Å². The van der Waals surface area contributed by atoms with Crippen molar-refractivity contribution >= 4 is 17.9 Å². The van der Waals surface area contributed by atoms with E-state index < -0.39 is 17.6 Å². The third-order valence-electron chi connectivity index (χ3n) is 3.78. The number of hydrogen-bond acceptors (Lipinski definition) is 8. The second-order valence-corrected chi connectivity index (χ2v) is 5.84. The Morgan fingerprint density at radius 1 is 1.31 bits per heavy atom. The Morgan fingerprint density at radius 2 is 2.03 bits per heavy atom. The minimum atomic E-state index is -4.42. The fourth-order valence-electron chi connectivity index (χ4n) is 2.42. The number of benzene rings is 1. The summed E-state index contributed by atoms with van der Waals surface area (Å²) in [5.41, 5.74) is 7.94. The van der Waals surface area contributed by atoms with Gasteiger partial charge in [-0.05, 0) is 34.4 Å². The lowest BCUT2D eigenvalue weighted by molar-refractivity contribution is -0.137. The Morgan fingerprint density at radius 3 is 2.62 bits per heavy atom. The predicted molar refractivity (Wildman–Crippen MR) is 94.1 cm³/mol. The van der Waals surface area contributed by atoms with Gasteiger partial charge in [0.2, 0.25) is 11.6 Å². The van der Waals surface area contributed by atoms with Gasteiger partial charge in [-0.1, -0.05) is 30.7 Å². The van der Waals surface area contributed by atoms with Crippen LogP contribution in [0.5, 0.6) is 0 Å². The SMILES string of the molecule is CCCc1c(C(=O)NN=Cc2ccc(C(F)(F)F)cc2)nnn1-c1nonc1N. The maximum absolute atomic E-state index is 12.6. The molecule has 0 radical (unpaired) electrons. The molecule has 0 bridgehead atoms. The van der Waals surface area contributed by atoms with Crippen LogP contribution in [0.2, 0.25) is 0 Å². The van der Waals surface area contributed by atoms with Crippen LogP contribution in [0.4, 0.5) is 19.0 Å².